The van der Waals surface area contributed by atoms with E-state index in [2.05, 4.69) is 9.97 Å². The number of esters is 1. The molecule has 0 aliphatic carbocycles. The summed E-state index contributed by atoms with van der Waals surface area (Å²) in [6, 6.07) is 5.54. The molecule has 0 saturated carbocycles. The number of imidazole rings is 1. The van der Waals surface area contributed by atoms with Gasteiger partial charge in [-0.05, 0) is 25.1 Å². The predicted octanol–water partition coefficient (Wildman–Crippen LogP) is 2.44. The van der Waals surface area contributed by atoms with Crippen LogP contribution >= 0.6 is 11.8 Å². The molecule has 0 amide bonds. The average molecular weight is 279 g/mol. The van der Waals surface area contributed by atoms with E-state index in [1.54, 1.807) is 6.92 Å². The number of aromatic nitrogens is 2. The summed E-state index contributed by atoms with van der Waals surface area (Å²) < 4.78 is 4.97. The number of rotatable bonds is 5. The summed E-state index contributed by atoms with van der Waals surface area (Å²) in [6.07, 6.45) is 0. The summed E-state index contributed by atoms with van der Waals surface area (Å²) in [6.45, 7) is 4.07. The second-order valence-electron chi connectivity index (χ2n) is 4.28. The van der Waals surface area contributed by atoms with Gasteiger partial charge in [0.25, 0.3) is 0 Å². The fraction of sp³-hybridized carbons (Fsp3) is 0.385. The predicted molar refractivity (Wildman–Crippen MR) is 77.0 cm³/mol. The molecule has 0 aliphatic rings. The molecule has 5 nitrogen and oxygen atoms in total. The number of nitrogens with one attached hydrogen (secondary N) is 1. The van der Waals surface area contributed by atoms with E-state index in [4.69, 9.17) is 10.5 Å². The molecule has 0 fully saturated rings. The Bertz CT molecular complexity index is 582. The number of carbonyl (C=O) groups excluding carboxylic acids is 1. The number of thioether (sulfide) groups is 1. The van der Waals surface area contributed by atoms with Crippen LogP contribution in [0.25, 0.3) is 11.0 Å². The molecule has 19 heavy (non-hydrogen) atoms. The zero-order valence-electron chi connectivity index (χ0n) is 11.0. The van der Waals surface area contributed by atoms with Crippen molar-refractivity contribution in [2.24, 2.45) is 5.92 Å². The standard InChI is InChI=1S/C13H17N3O2S/c1-3-18-12(17)8(2)7-19-13-15-10-5-4-9(14)6-11(10)16-13/h4-6,8H,3,7,14H2,1-2H3,(H,15,16). The Labute approximate surface area is 115 Å². The molecule has 0 bridgehead atoms. The van der Waals surface area contributed by atoms with Crippen molar-refractivity contribution < 1.29 is 9.53 Å². The van der Waals surface area contributed by atoms with Crippen molar-refractivity contribution in [1.29, 1.82) is 0 Å². The molecule has 0 saturated heterocycles. The van der Waals surface area contributed by atoms with Crippen LogP contribution in [-0.4, -0.2) is 28.3 Å². The summed E-state index contributed by atoms with van der Waals surface area (Å²) in [5.41, 5.74) is 8.20. The Balaban J connectivity index is 2.00. The van der Waals surface area contributed by atoms with Crippen molar-refractivity contribution in [3.63, 3.8) is 0 Å². The molecule has 1 aromatic heterocycles. The molecule has 2 rings (SSSR count). The minimum Gasteiger partial charge on any atom is -0.466 e. The molecule has 2 aromatic rings. The summed E-state index contributed by atoms with van der Waals surface area (Å²) >= 11 is 1.51. The van der Waals surface area contributed by atoms with E-state index in [-0.39, 0.29) is 11.9 Å². The number of hydrogen-bond donors (Lipinski definition) is 2. The zero-order valence-corrected chi connectivity index (χ0v) is 11.8. The lowest BCUT2D eigenvalue weighted by molar-refractivity contribution is -0.146. The van der Waals surface area contributed by atoms with Gasteiger partial charge in [0.15, 0.2) is 5.16 Å². The van der Waals surface area contributed by atoms with E-state index >= 15 is 0 Å². The Kier molecular flexibility index (Phi) is 4.31. The number of hydrogen-bond acceptors (Lipinski definition) is 5. The highest BCUT2D eigenvalue weighted by atomic mass is 32.2. The maximum Gasteiger partial charge on any atom is 0.309 e. The number of H-pyrrole nitrogens is 1. The molecule has 1 unspecified atom stereocenters. The number of ether oxygens (including phenoxy) is 1. The van der Waals surface area contributed by atoms with E-state index in [9.17, 15) is 4.79 Å². The first-order valence-electron chi connectivity index (χ1n) is 6.15. The first kappa shape index (κ1) is 13.7. The van der Waals surface area contributed by atoms with Gasteiger partial charge in [0.1, 0.15) is 0 Å². The lowest BCUT2D eigenvalue weighted by Crippen LogP contribution is -2.16. The minimum absolute atomic E-state index is 0.150. The molecule has 0 spiro atoms. The first-order valence-corrected chi connectivity index (χ1v) is 7.13. The smallest absolute Gasteiger partial charge is 0.309 e. The van der Waals surface area contributed by atoms with Gasteiger partial charge in [-0.15, -0.1) is 0 Å². The summed E-state index contributed by atoms with van der Waals surface area (Å²) in [7, 11) is 0. The molecule has 0 aliphatic heterocycles. The third-order valence-corrected chi connectivity index (χ3v) is 3.78. The fourth-order valence-corrected chi connectivity index (χ4v) is 2.52. The van der Waals surface area contributed by atoms with Gasteiger partial charge >= 0.3 is 5.97 Å². The number of nitrogens with zero attached hydrogens (tertiary/aromatic N) is 1. The van der Waals surface area contributed by atoms with Crippen molar-refractivity contribution in [3.05, 3.63) is 18.2 Å². The topological polar surface area (TPSA) is 81.0 Å². The van der Waals surface area contributed by atoms with Crippen molar-refractivity contribution in [3.8, 4) is 0 Å². The van der Waals surface area contributed by atoms with Crippen LogP contribution in [0.3, 0.4) is 0 Å². The Morgan fingerprint density at radius 1 is 1.58 bits per heavy atom. The van der Waals surface area contributed by atoms with E-state index in [0.29, 0.717) is 18.0 Å². The monoisotopic (exact) mass is 279 g/mol. The van der Waals surface area contributed by atoms with Gasteiger partial charge in [0.2, 0.25) is 0 Å². The number of nitrogens with two attached hydrogens (primary N) is 1. The quantitative estimate of drug-likeness (QED) is 0.499. The highest BCUT2D eigenvalue weighted by Gasteiger charge is 2.15. The van der Waals surface area contributed by atoms with Crippen molar-refractivity contribution in [2.45, 2.75) is 19.0 Å². The number of benzene rings is 1. The van der Waals surface area contributed by atoms with Gasteiger partial charge in [0, 0.05) is 11.4 Å². The molecule has 1 heterocycles. The van der Waals surface area contributed by atoms with Gasteiger partial charge in [-0.3, -0.25) is 4.79 Å². The summed E-state index contributed by atoms with van der Waals surface area (Å²) in [5, 5.41) is 0.789. The van der Waals surface area contributed by atoms with Gasteiger partial charge in [-0.2, -0.15) is 0 Å². The Hall–Kier alpha value is -1.69. The van der Waals surface area contributed by atoms with Gasteiger partial charge in [-0.25, -0.2) is 4.98 Å². The average Bonchev–Trinajstić information content (AvgIpc) is 2.78. The van der Waals surface area contributed by atoms with E-state index < -0.39 is 0 Å². The molecule has 3 N–H and O–H groups in total. The number of nitrogen functional groups attached to an aromatic ring is 1. The second kappa shape index (κ2) is 5.97. The molecule has 102 valence electrons. The number of fused-ring (bicyclic) bond motifs is 1. The number of carbonyl (C=O) groups is 1. The SMILES string of the molecule is CCOC(=O)C(C)CSc1nc2ccc(N)cc2[nH]1. The molecular weight excluding hydrogens is 262 g/mol. The van der Waals surface area contributed by atoms with E-state index in [1.165, 1.54) is 11.8 Å². The number of aromatic amines is 1. The van der Waals surface area contributed by atoms with Crippen LogP contribution in [0.2, 0.25) is 0 Å². The van der Waals surface area contributed by atoms with Crippen LogP contribution in [0.1, 0.15) is 13.8 Å². The van der Waals surface area contributed by atoms with Crippen LogP contribution in [0.5, 0.6) is 0 Å². The minimum atomic E-state index is -0.171. The maximum absolute atomic E-state index is 11.5. The van der Waals surface area contributed by atoms with E-state index in [1.807, 2.05) is 25.1 Å². The van der Waals surface area contributed by atoms with Crippen molar-refractivity contribution in [2.75, 3.05) is 18.1 Å². The molecular formula is C13H17N3O2S. The summed E-state index contributed by atoms with van der Waals surface area (Å²) in [4.78, 5) is 19.1. The molecule has 0 radical (unpaired) electrons. The highest BCUT2D eigenvalue weighted by molar-refractivity contribution is 7.99. The Morgan fingerprint density at radius 2 is 2.37 bits per heavy atom. The number of anilines is 1. The largest absolute Gasteiger partial charge is 0.466 e. The molecule has 1 atom stereocenters. The van der Waals surface area contributed by atoms with E-state index in [0.717, 1.165) is 16.2 Å². The Morgan fingerprint density at radius 3 is 3.11 bits per heavy atom. The highest BCUT2D eigenvalue weighted by Crippen LogP contribution is 2.23. The third-order valence-electron chi connectivity index (χ3n) is 2.64. The van der Waals surface area contributed by atoms with Crippen molar-refractivity contribution in [1.82, 2.24) is 9.97 Å². The normalized spacial score (nSPS) is 12.5. The second-order valence-corrected chi connectivity index (χ2v) is 5.29. The van der Waals surface area contributed by atoms with Crippen LogP contribution in [0.15, 0.2) is 23.4 Å². The van der Waals surface area contributed by atoms with Gasteiger partial charge in [-0.1, -0.05) is 18.7 Å². The zero-order chi connectivity index (χ0) is 13.8. The lowest BCUT2D eigenvalue weighted by atomic mass is 10.2. The van der Waals surface area contributed by atoms with Crippen molar-refractivity contribution >= 4 is 34.5 Å². The first-order chi connectivity index (χ1) is 9.10. The fourth-order valence-electron chi connectivity index (χ4n) is 1.63. The lowest BCUT2D eigenvalue weighted by Gasteiger charge is -2.08. The van der Waals surface area contributed by atoms with Crippen LogP contribution in [-0.2, 0) is 9.53 Å². The third kappa shape index (κ3) is 3.41. The van der Waals surface area contributed by atoms with Crippen LogP contribution < -0.4 is 5.73 Å². The van der Waals surface area contributed by atoms with Gasteiger partial charge < -0.3 is 15.5 Å². The molecule has 6 heteroatoms. The maximum atomic E-state index is 11.5. The summed E-state index contributed by atoms with van der Waals surface area (Å²) in [5.74, 6) is 0.312. The molecule has 1 aromatic carbocycles. The van der Waals surface area contributed by atoms with Crippen LogP contribution in [0.4, 0.5) is 5.69 Å². The van der Waals surface area contributed by atoms with Crippen LogP contribution in [0, 0.1) is 5.92 Å². The van der Waals surface area contributed by atoms with Gasteiger partial charge in [0.05, 0.1) is 23.6 Å².